The molecule has 0 aliphatic heterocycles. The molecular formula is C68H48N12O4. The summed E-state index contributed by atoms with van der Waals surface area (Å²) in [6.45, 7) is 0. The van der Waals surface area contributed by atoms with Crippen LogP contribution in [0, 0.1) is 0 Å². The summed E-state index contributed by atoms with van der Waals surface area (Å²) in [5.41, 5.74) is 14.3. The number of methoxy groups -OCH3 is 4. The average Bonchev–Trinajstić information content (AvgIpc) is 4.35. The highest BCUT2D eigenvalue weighted by Crippen LogP contribution is 2.35. The van der Waals surface area contributed by atoms with Gasteiger partial charge in [0.1, 0.15) is 22.1 Å². The van der Waals surface area contributed by atoms with E-state index >= 15 is 0 Å². The number of benzene rings is 8. The van der Waals surface area contributed by atoms with Crippen molar-refractivity contribution in [1.82, 2.24) is 59.8 Å². The number of hydrogen-bond acceptors (Lipinski definition) is 12. The van der Waals surface area contributed by atoms with E-state index in [1.165, 1.54) is 0 Å². The van der Waals surface area contributed by atoms with Gasteiger partial charge < -0.3 is 38.9 Å². The Kier molecular flexibility index (Phi) is 11.9. The van der Waals surface area contributed by atoms with Crippen LogP contribution in [0.3, 0.4) is 0 Å². The molecular weight excluding hydrogens is 1050 g/mol. The number of fused-ring (bicyclic) bond motifs is 16. The van der Waals surface area contributed by atoms with Crippen LogP contribution in [0.25, 0.3) is 153 Å². The highest BCUT2D eigenvalue weighted by molar-refractivity contribution is 6.11. The minimum absolute atomic E-state index is 0.549. The minimum atomic E-state index is 0.549. The molecule has 15 rings (SSSR count). The molecule has 0 aliphatic rings. The van der Waals surface area contributed by atoms with Crippen LogP contribution in [0.5, 0.6) is 23.0 Å². The smallest absolute Gasteiger partial charge is 0.163 e. The molecule has 0 atom stereocenters. The van der Waals surface area contributed by atoms with Gasteiger partial charge in [0.05, 0.1) is 141 Å². The number of nitrogens with one attached hydrogen (secondary N) is 4. The first-order valence-electron chi connectivity index (χ1n) is 27.1. The zero-order valence-electron chi connectivity index (χ0n) is 45.7. The quantitative estimate of drug-likeness (QED) is 0.122. The first-order chi connectivity index (χ1) is 41.3. The Labute approximate surface area is 476 Å². The monoisotopic (exact) mass is 1100 g/mol. The van der Waals surface area contributed by atoms with Gasteiger partial charge in [-0.1, -0.05) is 48.5 Å². The Hall–Kier alpha value is -11.5. The molecule has 404 valence electrons. The number of aromatic amines is 4. The van der Waals surface area contributed by atoms with Crippen molar-refractivity contribution in [3.05, 3.63) is 195 Å². The van der Waals surface area contributed by atoms with E-state index in [4.69, 9.17) is 58.8 Å². The third-order valence-corrected chi connectivity index (χ3v) is 15.2. The first kappa shape index (κ1) is 49.5. The highest BCUT2D eigenvalue weighted by Gasteiger charge is 2.15. The van der Waals surface area contributed by atoms with Gasteiger partial charge in [-0.2, -0.15) is 0 Å². The molecule has 4 N–H and O–H groups in total. The molecule has 8 aromatic carbocycles. The van der Waals surface area contributed by atoms with Crippen molar-refractivity contribution in [2.45, 2.75) is 0 Å². The van der Waals surface area contributed by atoms with Gasteiger partial charge in [0.2, 0.25) is 0 Å². The molecule has 15 aromatic rings. The van der Waals surface area contributed by atoms with Crippen molar-refractivity contribution in [3.63, 3.8) is 0 Å². The van der Waals surface area contributed by atoms with Crippen molar-refractivity contribution in [2.75, 3.05) is 28.4 Å². The second-order valence-corrected chi connectivity index (χ2v) is 20.3. The van der Waals surface area contributed by atoms with Crippen LogP contribution in [-0.4, -0.2) is 88.2 Å². The first-order valence-corrected chi connectivity index (χ1v) is 27.1. The fourth-order valence-corrected chi connectivity index (χ4v) is 11.1. The third kappa shape index (κ3) is 8.81. The standard InChI is InChI=1S/C68H48N12O4/c1-81-61-29-57-58(30-62(61)82-2)78-66-54-22-18-42(74-54)34-70-50-14-6-10-38-26-40-12-8-16-52(48(40)28-46(38)50)72-36-44-20-24-56(76-44)68-67(79-59-31-63(83-3)64(84-4)32-60(59)80-68)55-23-19-43(75-55)35-71-51-15-7-11-39-25-37-9-5-13-49(45(37)27-47(39)51)69-33-41-17-21-53(73-41)65(66)77-57/h5-36,73-76H,1-4H3. The fraction of sp³-hybridized carbons (Fsp3) is 0.0588. The van der Waals surface area contributed by atoms with E-state index in [0.29, 0.717) is 67.1 Å². The van der Waals surface area contributed by atoms with E-state index in [0.717, 1.165) is 109 Å². The maximum Gasteiger partial charge on any atom is 0.163 e. The SMILES string of the molecule is COc1cc2nc3c4ccc(cnc5cccc6cc7cccc(ncc8ccc([nH]8)c8nc9cc(OC)c(OC)cc9nc8c8ccc(cnc9cccc%10cc%11cccc(ncc%12ccc([nH]%12)c3nc2cc1OC)c%11cc%109)[nH]8)c7cc65)[nH]4. The summed E-state index contributed by atoms with van der Waals surface area (Å²) in [6, 6.07) is 56.6. The maximum atomic E-state index is 5.69. The molecule has 7 aromatic heterocycles. The lowest BCUT2D eigenvalue weighted by Crippen LogP contribution is -1.94. The van der Waals surface area contributed by atoms with E-state index < -0.39 is 0 Å². The molecule has 7 heterocycles. The lowest BCUT2D eigenvalue weighted by Gasteiger charge is -2.09. The van der Waals surface area contributed by atoms with Crippen LogP contribution in [0.2, 0.25) is 0 Å². The van der Waals surface area contributed by atoms with Crippen molar-refractivity contribution >= 4 is 153 Å². The Balaban J connectivity index is 0.993. The van der Waals surface area contributed by atoms with Gasteiger partial charge in [-0.05, 0) is 119 Å². The number of H-pyrrole nitrogens is 4. The Morgan fingerprint density at radius 1 is 0.262 bits per heavy atom. The fourth-order valence-electron chi connectivity index (χ4n) is 11.1. The zero-order chi connectivity index (χ0) is 56.4. The normalized spacial score (nSPS) is 11.6. The van der Waals surface area contributed by atoms with Gasteiger partial charge in [-0.25, -0.2) is 19.9 Å². The Morgan fingerprint density at radius 3 is 0.750 bits per heavy atom. The van der Waals surface area contributed by atoms with Crippen LogP contribution in [0.4, 0.5) is 0 Å². The number of hydrogen-bond donors (Lipinski definition) is 4. The molecule has 16 heteroatoms. The van der Waals surface area contributed by atoms with Crippen molar-refractivity contribution < 1.29 is 18.9 Å². The summed E-state index contributed by atoms with van der Waals surface area (Å²) >= 11 is 0. The maximum absolute atomic E-state index is 5.69. The number of rotatable bonds is 4. The van der Waals surface area contributed by atoms with Gasteiger partial charge in [-0.3, -0.25) is 19.9 Å². The Bertz CT molecular complexity index is 4930. The van der Waals surface area contributed by atoms with Crippen molar-refractivity contribution in [1.29, 1.82) is 0 Å². The Morgan fingerprint density at radius 2 is 0.512 bits per heavy atom. The van der Waals surface area contributed by atoms with Crippen molar-refractivity contribution in [2.24, 2.45) is 0 Å². The molecule has 0 spiro atoms. The van der Waals surface area contributed by atoms with E-state index in [-0.39, 0.29) is 0 Å². The van der Waals surface area contributed by atoms with E-state index in [2.05, 4.69) is 68.5 Å². The number of nitrogens with zero attached hydrogens (tertiary/aromatic N) is 8. The van der Waals surface area contributed by atoms with Gasteiger partial charge in [-0.15, -0.1) is 0 Å². The molecule has 0 aliphatic carbocycles. The molecule has 84 heavy (non-hydrogen) atoms. The van der Waals surface area contributed by atoms with E-state index in [1.54, 1.807) is 28.4 Å². The highest BCUT2D eigenvalue weighted by atomic mass is 16.5. The van der Waals surface area contributed by atoms with Gasteiger partial charge in [0.25, 0.3) is 0 Å². The summed E-state index contributed by atoms with van der Waals surface area (Å²) in [7, 11) is 6.43. The largest absolute Gasteiger partial charge is 0.493 e. The molecule has 0 saturated heterocycles. The summed E-state index contributed by atoms with van der Waals surface area (Å²) in [5, 5.41) is 8.11. The third-order valence-electron chi connectivity index (χ3n) is 15.2. The molecule has 0 unspecified atom stereocenters. The molecule has 0 saturated carbocycles. The van der Waals surface area contributed by atoms with Gasteiger partial charge in [0.15, 0.2) is 23.0 Å². The molecule has 0 amide bonds. The summed E-state index contributed by atoms with van der Waals surface area (Å²) in [5.74, 6) is 2.20. The predicted molar refractivity (Wildman–Crippen MR) is 337 cm³/mol. The summed E-state index contributed by atoms with van der Waals surface area (Å²) in [6.07, 6.45) is 7.35. The van der Waals surface area contributed by atoms with Gasteiger partial charge >= 0.3 is 0 Å². The van der Waals surface area contributed by atoms with Crippen LogP contribution >= 0.6 is 0 Å². The average molecular weight is 1100 g/mol. The van der Waals surface area contributed by atoms with Crippen LogP contribution in [-0.2, 0) is 0 Å². The van der Waals surface area contributed by atoms with Gasteiger partial charge in [0, 0.05) is 45.8 Å². The summed E-state index contributed by atoms with van der Waals surface area (Å²) < 4.78 is 22.8. The van der Waals surface area contributed by atoms with E-state index in [9.17, 15) is 0 Å². The number of aromatic nitrogens is 12. The number of ether oxygens (including phenoxy) is 4. The minimum Gasteiger partial charge on any atom is -0.493 e. The van der Waals surface area contributed by atoms with E-state index in [1.807, 2.05) is 146 Å². The lowest BCUT2D eigenvalue weighted by atomic mass is 10.0. The molecule has 16 nitrogen and oxygen atoms in total. The zero-order valence-corrected chi connectivity index (χ0v) is 45.7. The molecule has 0 radical (unpaired) electrons. The van der Waals surface area contributed by atoms with Crippen LogP contribution in [0.1, 0.15) is 0 Å². The second-order valence-electron chi connectivity index (χ2n) is 20.3. The van der Waals surface area contributed by atoms with Crippen LogP contribution in [0.15, 0.2) is 195 Å². The van der Waals surface area contributed by atoms with Crippen LogP contribution < -0.4 is 18.9 Å². The van der Waals surface area contributed by atoms with Crippen molar-refractivity contribution in [3.8, 4) is 23.0 Å². The lowest BCUT2D eigenvalue weighted by molar-refractivity contribution is 0.355. The molecule has 0 fully saturated rings. The summed E-state index contributed by atoms with van der Waals surface area (Å²) in [4.78, 5) is 55.5. The predicted octanol–water partition coefficient (Wildman–Crippen LogP) is 15.4. The molecule has 12 bridgehead atoms. The topological polar surface area (TPSA) is 203 Å². The second kappa shape index (κ2) is 20.2.